The Hall–Kier alpha value is 0.480. The van der Waals surface area contributed by atoms with Gasteiger partial charge in [0.2, 0.25) is 14.3 Å². The van der Waals surface area contributed by atoms with E-state index in [1.165, 1.54) is 0 Å². The summed E-state index contributed by atoms with van der Waals surface area (Å²) in [6.07, 6.45) is 0. The molecule has 0 bridgehead atoms. The second-order valence-corrected chi connectivity index (χ2v) is 9.11. The fourth-order valence-corrected chi connectivity index (χ4v) is 9.16. The Kier molecular flexibility index (Phi) is 3.74. The summed E-state index contributed by atoms with van der Waals surface area (Å²) < 4.78 is 6.67. The van der Waals surface area contributed by atoms with Crippen LogP contribution in [0.4, 0.5) is 0 Å². The second-order valence-electron chi connectivity index (χ2n) is 3.38. The molecule has 0 nitrogen and oxygen atoms in total. The van der Waals surface area contributed by atoms with Crippen LogP contribution in [-0.4, -0.2) is 0 Å². The molecule has 0 amide bonds. The molecule has 0 N–H and O–H groups in total. The molecule has 16 heavy (non-hydrogen) atoms. The van der Waals surface area contributed by atoms with Gasteiger partial charge in [-0.15, -0.1) is 0 Å². The van der Waals surface area contributed by atoms with Crippen molar-refractivity contribution in [3.63, 3.8) is 0 Å². The van der Waals surface area contributed by atoms with Gasteiger partial charge >= 0.3 is 42.4 Å². The average Bonchev–Trinajstić information content (AvgIpc) is 2.74. The van der Waals surface area contributed by atoms with Crippen molar-refractivity contribution in [2.75, 3.05) is 0 Å². The van der Waals surface area contributed by atoms with Crippen molar-refractivity contribution < 1.29 is 67.2 Å². The van der Waals surface area contributed by atoms with E-state index in [9.17, 15) is 0 Å². The molecule has 0 radical (unpaired) electrons. The van der Waals surface area contributed by atoms with Crippen LogP contribution in [0.3, 0.4) is 0 Å². The summed E-state index contributed by atoms with van der Waals surface area (Å²) in [6, 6.07) is 13.9. The van der Waals surface area contributed by atoms with Crippen LogP contribution in [0.15, 0.2) is 36.4 Å². The zero-order valence-corrected chi connectivity index (χ0v) is 13.8. The third kappa shape index (κ3) is 1.61. The van der Waals surface area contributed by atoms with Gasteiger partial charge in [-0.25, -0.2) is 0 Å². The van der Waals surface area contributed by atoms with Gasteiger partial charge in [-0.05, 0) is 24.3 Å². The van der Waals surface area contributed by atoms with Crippen LogP contribution >= 0.6 is 0 Å². The summed E-state index contributed by atoms with van der Waals surface area (Å²) in [6.45, 7) is 0. The summed E-state index contributed by atoms with van der Waals surface area (Å²) in [7, 11) is 0. The predicted octanol–water partition coefficient (Wildman–Crippen LogP) is -9.75. The average molecular weight is 475 g/mol. The number of hydrogen-bond acceptors (Lipinski definition) is 0. The summed E-state index contributed by atoms with van der Waals surface area (Å²) in [5, 5.41) is 0. The largest absolute Gasteiger partial charge is 1.00 e. The molecular formula is C12H6Cl2I2. The molecule has 2 aliphatic rings. The zero-order valence-electron chi connectivity index (χ0n) is 7.98. The van der Waals surface area contributed by atoms with Gasteiger partial charge in [0.1, 0.15) is 0 Å². The van der Waals surface area contributed by atoms with Crippen LogP contribution in [-0.2, 0) is 0 Å². The maximum atomic E-state index is 2.34. The van der Waals surface area contributed by atoms with E-state index < -0.39 is 0 Å². The Morgan fingerprint density at radius 2 is 0.875 bits per heavy atom. The molecule has 2 heterocycles. The van der Waals surface area contributed by atoms with Gasteiger partial charge in [-0.2, -0.15) is 0 Å². The van der Waals surface area contributed by atoms with E-state index in [-0.39, 0.29) is 67.2 Å². The first kappa shape index (κ1) is 12.9. The number of halogens is 4. The molecule has 4 rings (SSSR count). The van der Waals surface area contributed by atoms with Gasteiger partial charge in [0.15, 0.2) is 0 Å². The third-order valence-electron chi connectivity index (χ3n) is 2.58. The van der Waals surface area contributed by atoms with Crippen molar-refractivity contribution >= 4 is 0 Å². The lowest BCUT2D eigenvalue weighted by Gasteiger charge is -1.84. The Bertz CT molecular complexity index is 475. The molecule has 2 aromatic carbocycles. The van der Waals surface area contributed by atoms with Gasteiger partial charge < -0.3 is 24.8 Å². The highest BCUT2D eigenvalue weighted by atomic mass is 127. The molecule has 2 aliphatic heterocycles. The van der Waals surface area contributed by atoms with Gasteiger partial charge in [0.05, 0.1) is 11.1 Å². The molecule has 0 unspecified atom stereocenters. The maximum Gasteiger partial charge on any atom is 0.359 e. The Morgan fingerprint density at radius 1 is 0.562 bits per heavy atom. The number of hydrogen-bond donors (Lipinski definition) is 0. The van der Waals surface area contributed by atoms with Crippen LogP contribution < -0.4 is 67.2 Å². The van der Waals surface area contributed by atoms with Crippen LogP contribution in [0.25, 0.3) is 11.1 Å². The highest BCUT2D eigenvalue weighted by Gasteiger charge is 2.48. The van der Waals surface area contributed by atoms with E-state index >= 15 is 0 Å². The van der Waals surface area contributed by atoms with Gasteiger partial charge in [-0.1, -0.05) is 12.1 Å². The highest BCUT2D eigenvalue weighted by molar-refractivity contribution is 5.65. The molecule has 4 heteroatoms. The topological polar surface area (TPSA) is 0 Å². The smallest absolute Gasteiger partial charge is 0.359 e. The Balaban J connectivity index is 0.000000482. The molecule has 0 saturated carbocycles. The normalized spacial score (nSPS) is 12.8. The molecule has 0 atom stereocenters. The van der Waals surface area contributed by atoms with Gasteiger partial charge in [0.25, 0.3) is 0 Å². The lowest BCUT2D eigenvalue weighted by molar-refractivity contribution is -0.608. The predicted molar refractivity (Wildman–Crippen MR) is 46.7 cm³/mol. The molecule has 82 valence electrons. The van der Waals surface area contributed by atoms with Crippen LogP contribution in [0.5, 0.6) is 0 Å². The minimum atomic E-state index is 0. The standard InChI is InChI=1S/C12H6I2.2ClH/c1-3-7-11-8(4-1)14-10-6-2-5-9(13-7)12(10)11;;/h1-6H;2*1H/q+2;;/p-2. The van der Waals surface area contributed by atoms with Crippen LogP contribution in [0, 0.1) is 14.3 Å². The van der Waals surface area contributed by atoms with E-state index in [1.54, 1.807) is 25.4 Å². The minimum Gasteiger partial charge on any atom is -1.00 e. The van der Waals surface area contributed by atoms with E-state index in [2.05, 4.69) is 36.4 Å². The van der Waals surface area contributed by atoms with Gasteiger partial charge in [0, 0.05) is 0 Å². The quantitative estimate of drug-likeness (QED) is 0.222. The van der Waals surface area contributed by atoms with Crippen molar-refractivity contribution in [1.29, 1.82) is 0 Å². The van der Waals surface area contributed by atoms with E-state index in [1.807, 2.05) is 0 Å². The van der Waals surface area contributed by atoms with E-state index in [0.29, 0.717) is 0 Å². The number of rotatable bonds is 0. The summed E-state index contributed by atoms with van der Waals surface area (Å²) >= 11 is 0.289. The first-order valence-corrected chi connectivity index (χ1v) is 8.81. The van der Waals surface area contributed by atoms with Crippen molar-refractivity contribution in [3.05, 3.63) is 50.7 Å². The van der Waals surface area contributed by atoms with Crippen LogP contribution in [0.2, 0.25) is 0 Å². The lowest BCUT2D eigenvalue weighted by Crippen LogP contribution is -3.63. The fraction of sp³-hybridized carbons (Fsp3) is 0. The molecule has 0 saturated heterocycles. The Labute approximate surface area is 128 Å². The zero-order chi connectivity index (χ0) is 9.12. The first-order chi connectivity index (χ1) is 6.93. The van der Waals surface area contributed by atoms with Crippen molar-refractivity contribution in [2.45, 2.75) is 0 Å². The van der Waals surface area contributed by atoms with E-state index in [0.717, 1.165) is 0 Å². The molecular weight excluding hydrogens is 469 g/mol. The SMILES string of the molecule is [Cl-].[Cl-].c1cc2c3c(c1)[I+]c1cccc(c1-3)[I+]2. The fourth-order valence-electron chi connectivity index (χ4n) is 2.01. The van der Waals surface area contributed by atoms with Crippen molar-refractivity contribution in [1.82, 2.24) is 0 Å². The van der Waals surface area contributed by atoms with E-state index in [4.69, 9.17) is 0 Å². The van der Waals surface area contributed by atoms with Crippen LogP contribution in [0.1, 0.15) is 0 Å². The third-order valence-corrected chi connectivity index (χ3v) is 8.50. The summed E-state index contributed by atoms with van der Waals surface area (Å²) in [4.78, 5) is 0. The number of benzene rings is 2. The monoisotopic (exact) mass is 474 g/mol. The lowest BCUT2D eigenvalue weighted by atomic mass is 10.1. The molecule has 0 aliphatic carbocycles. The van der Waals surface area contributed by atoms with Crippen molar-refractivity contribution in [2.24, 2.45) is 0 Å². The van der Waals surface area contributed by atoms with Crippen molar-refractivity contribution in [3.8, 4) is 11.1 Å². The molecule has 0 spiro atoms. The molecule has 0 aromatic heterocycles. The highest BCUT2D eigenvalue weighted by Crippen LogP contribution is 2.24. The second kappa shape index (κ2) is 4.63. The van der Waals surface area contributed by atoms with Gasteiger partial charge in [-0.3, -0.25) is 0 Å². The minimum absolute atomic E-state index is 0. The summed E-state index contributed by atoms with van der Waals surface area (Å²) in [5.41, 5.74) is 3.30. The first-order valence-electron chi connectivity index (χ1n) is 4.49. The maximum absolute atomic E-state index is 2.34. The molecule has 2 aromatic rings. The Morgan fingerprint density at radius 3 is 1.19 bits per heavy atom. The summed E-state index contributed by atoms with van der Waals surface area (Å²) in [5.74, 6) is 0. The molecule has 0 fully saturated rings.